The van der Waals surface area contributed by atoms with Crippen molar-refractivity contribution >= 4 is 11.8 Å². The Morgan fingerprint density at radius 1 is 1.23 bits per heavy atom. The Morgan fingerprint density at radius 2 is 1.97 bits per heavy atom. The van der Waals surface area contributed by atoms with Crippen LogP contribution in [-0.2, 0) is 11.2 Å². The van der Waals surface area contributed by atoms with Crippen LogP contribution >= 0.6 is 0 Å². The first-order valence-electron chi connectivity index (χ1n) is 10.1. The molecule has 2 heterocycles. The maximum Gasteiger partial charge on any atom is 0.341 e. The number of carboxylic acids is 1. The van der Waals surface area contributed by atoms with Crippen molar-refractivity contribution in [3.05, 3.63) is 45.7 Å². The molecule has 30 heavy (non-hydrogen) atoms. The van der Waals surface area contributed by atoms with E-state index in [2.05, 4.69) is 13.8 Å². The zero-order valence-electron chi connectivity index (χ0n) is 17.7. The van der Waals surface area contributed by atoms with Gasteiger partial charge in [0.25, 0.3) is 0 Å². The number of carbonyl (C=O) groups excluding carboxylic acids is 1. The minimum atomic E-state index is -1.23. The molecule has 3 rings (SSSR count). The van der Waals surface area contributed by atoms with Gasteiger partial charge >= 0.3 is 5.97 Å². The molecule has 1 aromatic carbocycles. The van der Waals surface area contributed by atoms with Gasteiger partial charge in [0.2, 0.25) is 0 Å². The molecule has 1 aliphatic rings. The molecule has 0 bridgehead atoms. The molecule has 0 saturated heterocycles. The molecular weight excluding hydrogens is 386 g/mol. The molecule has 1 aromatic heterocycles. The van der Waals surface area contributed by atoms with Gasteiger partial charge in [-0.1, -0.05) is 13.8 Å². The summed E-state index contributed by atoms with van der Waals surface area (Å²) in [5, 5.41) is 9.37. The highest BCUT2D eigenvalue weighted by Crippen LogP contribution is 2.42. The Hall–Kier alpha value is -3.09. The molecule has 0 amide bonds. The van der Waals surface area contributed by atoms with E-state index in [0.717, 1.165) is 11.1 Å². The van der Waals surface area contributed by atoms with Crippen LogP contribution in [0.2, 0.25) is 0 Å². The molecular formula is C23H27NO6. The molecule has 160 valence electrons. The van der Waals surface area contributed by atoms with Crippen LogP contribution in [0.15, 0.2) is 29.2 Å². The van der Waals surface area contributed by atoms with Crippen molar-refractivity contribution in [3.63, 3.8) is 0 Å². The number of ether oxygens (including phenoxy) is 2. The number of hydrogen-bond donors (Lipinski definition) is 1. The number of Topliss-reactive ketones (excluding diaryl/α,β-unsaturated/α-hetero) is 1. The summed E-state index contributed by atoms with van der Waals surface area (Å²) in [6.07, 6.45) is 3.22. The number of carboxylic acid groups (broad SMARTS) is 1. The van der Waals surface area contributed by atoms with Crippen LogP contribution in [0.3, 0.4) is 0 Å². The lowest BCUT2D eigenvalue weighted by Gasteiger charge is -2.33. The van der Waals surface area contributed by atoms with Gasteiger partial charge in [0.15, 0.2) is 16.9 Å². The lowest BCUT2D eigenvalue weighted by atomic mass is 9.87. The Balaban J connectivity index is 2.07. The monoisotopic (exact) mass is 413 g/mol. The fraction of sp³-hybridized carbons (Fsp3) is 0.435. The molecule has 7 nitrogen and oxygen atoms in total. The Labute approximate surface area is 175 Å². The van der Waals surface area contributed by atoms with E-state index in [1.165, 1.54) is 12.3 Å². The van der Waals surface area contributed by atoms with Gasteiger partial charge in [0.05, 0.1) is 19.4 Å². The summed E-state index contributed by atoms with van der Waals surface area (Å²) in [6.45, 7) is 6.10. The van der Waals surface area contributed by atoms with Crippen LogP contribution in [0.5, 0.6) is 11.5 Å². The first kappa shape index (κ1) is 21.6. The highest BCUT2D eigenvalue weighted by molar-refractivity contribution is 5.88. The maximum absolute atomic E-state index is 12.4. The van der Waals surface area contributed by atoms with Gasteiger partial charge in [0, 0.05) is 30.3 Å². The van der Waals surface area contributed by atoms with Crippen molar-refractivity contribution in [2.45, 2.75) is 46.1 Å². The second-order valence-corrected chi connectivity index (χ2v) is 7.98. The summed E-state index contributed by atoms with van der Waals surface area (Å²) in [6, 6.07) is 5.16. The summed E-state index contributed by atoms with van der Waals surface area (Å²) in [5.41, 5.74) is 1.76. The topological polar surface area (TPSA) is 94.8 Å². The fourth-order valence-electron chi connectivity index (χ4n) is 3.87. The van der Waals surface area contributed by atoms with Gasteiger partial charge in [-0.3, -0.25) is 4.79 Å². The zero-order valence-corrected chi connectivity index (χ0v) is 17.7. The number of nitrogens with zero attached hydrogens (tertiary/aromatic N) is 1. The lowest BCUT2D eigenvalue weighted by Crippen LogP contribution is -2.28. The number of methoxy groups -OCH3 is 1. The van der Waals surface area contributed by atoms with E-state index in [-0.39, 0.29) is 23.3 Å². The highest BCUT2D eigenvalue weighted by Gasteiger charge is 2.29. The van der Waals surface area contributed by atoms with E-state index in [1.54, 1.807) is 14.0 Å². The molecule has 1 aliphatic heterocycles. The predicted octanol–water partition coefficient (Wildman–Crippen LogP) is 3.72. The quantitative estimate of drug-likeness (QED) is 0.663. The van der Waals surface area contributed by atoms with Crippen LogP contribution < -0.4 is 14.9 Å². The number of aromatic nitrogens is 1. The summed E-state index contributed by atoms with van der Waals surface area (Å²) in [5.74, 6) is 0.248. The van der Waals surface area contributed by atoms with Crippen molar-refractivity contribution in [2.75, 3.05) is 13.7 Å². The predicted molar refractivity (Wildman–Crippen MR) is 113 cm³/mol. The van der Waals surface area contributed by atoms with E-state index < -0.39 is 11.4 Å². The van der Waals surface area contributed by atoms with E-state index in [9.17, 15) is 19.5 Å². The number of aromatic carboxylic acids is 1. The summed E-state index contributed by atoms with van der Waals surface area (Å²) < 4.78 is 13.3. The van der Waals surface area contributed by atoms with Crippen molar-refractivity contribution in [2.24, 2.45) is 5.92 Å². The molecule has 2 aromatic rings. The van der Waals surface area contributed by atoms with Crippen molar-refractivity contribution in [1.29, 1.82) is 0 Å². The van der Waals surface area contributed by atoms with Crippen LogP contribution in [0.25, 0.3) is 11.3 Å². The first-order chi connectivity index (χ1) is 14.2. The van der Waals surface area contributed by atoms with Crippen LogP contribution in [0.4, 0.5) is 0 Å². The number of carbonyl (C=O) groups is 2. The molecule has 0 fully saturated rings. The molecule has 1 N–H and O–H groups in total. The molecule has 0 aliphatic carbocycles. The summed E-state index contributed by atoms with van der Waals surface area (Å²) >= 11 is 0. The van der Waals surface area contributed by atoms with Crippen molar-refractivity contribution < 1.29 is 24.2 Å². The van der Waals surface area contributed by atoms with Crippen molar-refractivity contribution in [1.82, 2.24) is 4.57 Å². The highest BCUT2D eigenvalue weighted by atomic mass is 16.5. The molecule has 7 heteroatoms. The second kappa shape index (κ2) is 8.73. The lowest BCUT2D eigenvalue weighted by molar-refractivity contribution is -0.117. The average Bonchev–Trinajstić information content (AvgIpc) is 2.69. The Kier molecular flexibility index (Phi) is 6.29. The number of hydrogen-bond acceptors (Lipinski definition) is 5. The standard InChI is InChI=1S/C23H27NO6/c1-13(2)18-8-15-9-22(30-7-5-6-14(3)25)21(29-4)10-16(15)19-11-20(26)17(23(27)28)12-24(18)19/h9-13,18H,5-8H2,1-4H3,(H,27,28)/t18-/m0/s1. The Morgan fingerprint density at radius 3 is 2.57 bits per heavy atom. The van der Waals surface area contributed by atoms with E-state index in [4.69, 9.17) is 9.47 Å². The van der Waals surface area contributed by atoms with Gasteiger partial charge in [-0.2, -0.15) is 0 Å². The average molecular weight is 413 g/mol. The summed E-state index contributed by atoms with van der Waals surface area (Å²) in [4.78, 5) is 35.0. The number of benzene rings is 1. The number of rotatable bonds is 8. The normalized spacial score (nSPS) is 14.8. The van der Waals surface area contributed by atoms with Crippen LogP contribution in [0, 0.1) is 5.92 Å². The van der Waals surface area contributed by atoms with Gasteiger partial charge in [-0.15, -0.1) is 0 Å². The third kappa shape index (κ3) is 4.25. The van der Waals surface area contributed by atoms with Gasteiger partial charge < -0.3 is 23.9 Å². The van der Waals surface area contributed by atoms with E-state index in [1.807, 2.05) is 16.7 Å². The SMILES string of the molecule is COc1cc2c(cc1OCCCC(C)=O)C[C@@H](C(C)C)n1cc(C(=O)O)c(=O)cc1-2. The molecule has 0 spiro atoms. The first-order valence-corrected chi connectivity index (χ1v) is 10.1. The van der Waals surface area contributed by atoms with E-state index >= 15 is 0 Å². The van der Waals surface area contributed by atoms with Crippen LogP contribution in [-0.4, -0.2) is 35.1 Å². The smallest absolute Gasteiger partial charge is 0.341 e. The third-order valence-electron chi connectivity index (χ3n) is 5.46. The second-order valence-electron chi connectivity index (χ2n) is 7.98. The molecule has 0 unspecified atom stereocenters. The molecule has 1 atom stereocenters. The van der Waals surface area contributed by atoms with Gasteiger partial charge in [-0.05, 0) is 43.4 Å². The van der Waals surface area contributed by atoms with Gasteiger partial charge in [-0.25, -0.2) is 4.79 Å². The van der Waals surface area contributed by atoms with Crippen LogP contribution in [0.1, 0.15) is 55.6 Å². The molecule has 0 radical (unpaired) electrons. The number of fused-ring (bicyclic) bond motifs is 3. The number of ketones is 1. The maximum atomic E-state index is 12.4. The number of pyridine rings is 1. The van der Waals surface area contributed by atoms with Gasteiger partial charge in [0.1, 0.15) is 11.3 Å². The van der Waals surface area contributed by atoms with E-state index in [0.29, 0.717) is 43.1 Å². The minimum Gasteiger partial charge on any atom is -0.493 e. The third-order valence-corrected chi connectivity index (χ3v) is 5.46. The Bertz CT molecular complexity index is 1040. The molecule has 0 saturated carbocycles. The van der Waals surface area contributed by atoms with Crippen molar-refractivity contribution in [3.8, 4) is 22.8 Å². The minimum absolute atomic E-state index is 0.00478. The summed E-state index contributed by atoms with van der Waals surface area (Å²) in [7, 11) is 1.55. The fourth-order valence-corrected chi connectivity index (χ4v) is 3.87. The zero-order chi connectivity index (χ0) is 22.0. The largest absolute Gasteiger partial charge is 0.493 e.